The summed E-state index contributed by atoms with van der Waals surface area (Å²) >= 11 is 0. The van der Waals surface area contributed by atoms with Crippen molar-refractivity contribution in [2.75, 3.05) is 43.1 Å². The lowest BCUT2D eigenvalue weighted by molar-refractivity contribution is -0.396. The molecular weight excluding hydrogens is 574 g/mol. The van der Waals surface area contributed by atoms with Gasteiger partial charge in [-0.2, -0.15) is 0 Å². The zero-order valence-electron chi connectivity index (χ0n) is 25.1. The van der Waals surface area contributed by atoms with Crippen molar-refractivity contribution >= 4 is 40.1 Å². The van der Waals surface area contributed by atoms with Gasteiger partial charge in [0.25, 0.3) is 5.91 Å². The molecule has 2 N–H and O–H groups in total. The van der Waals surface area contributed by atoms with E-state index in [-0.39, 0.29) is 11.9 Å². The number of benzene rings is 2. The van der Waals surface area contributed by atoms with Crippen LogP contribution < -0.4 is 15.5 Å². The fourth-order valence-corrected chi connectivity index (χ4v) is 5.64. The Labute approximate surface area is 260 Å². The predicted molar refractivity (Wildman–Crippen MR) is 172 cm³/mol. The lowest BCUT2D eigenvalue weighted by atomic mass is 10.1. The largest absolute Gasteiger partial charge is 0.434 e. The molecule has 1 fully saturated rings. The molecule has 5 aromatic rings. The minimum atomic E-state index is -0.483. The predicted octanol–water partition coefficient (Wildman–Crippen LogP) is 4.92. The Morgan fingerprint density at radius 1 is 1.04 bits per heavy atom. The number of ether oxygens (including phenoxy) is 1. The van der Waals surface area contributed by atoms with Gasteiger partial charge in [-0.05, 0) is 54.5 Å². The summed E-state index contributed by atoms with van der Waals surface area (Å²) in [4.78, 5) is 39.1. The molecule has 0 unspecified atom stereocenters. The number of nitro groups is 1. The molecule has 13 nitrogen and oxygen atoms in total. The van der Waals surface area contributed by atoms with Crippen LogP contribution in [0.2, 0.25) is 0 Å². The SMILES string of the molecule is Cn1cc(-c2ccnc(Nc3ccc(C(=O)NCCCCCn4ccnc4[N+](=O)[O-])c(N4CCOCC4)c3)n2)c2ccccc21. The summed E-state index contributed by atoms with van der Waals surface area (Å²) < 4.78 is 9.19. The third kappa shape index (κ3) is 6.78. The van der Waals surface area contributed by atoms with Gasteiger partial charge in [-0.15, -0.1) is 0 Å². The minimum Gasteiger partial charge on any atom is -0.390 e. The third-order valence-electron chi connectivity index (χ3n) is 7.90. The van der Waals surface area contributed by atoms with Crippen molar-refractivity contribution in [3.8, 4) is 11.3 Å². The van der Waals surface area contributed by atoms with Gasteiger partial charge in [-0.3, -0.25) is 4.79 Å². The van der Waals surface area contributed by atoms with Crippen LogP contribution in [0, 0.1) is 10.1 Å². The molecule has 0 spiro atoms. The number of nitrogens with zero attached hydrogens (tertiary/aromatic N) is 7. The molecule has 0 radical (unpaired) electrons. The number of hydrogen-bond donors (Lipinski definition) is 2. The summed E-state index contributed by atoms with van der Waals surface area (Å²) in [7, 11) is 2.02. The first-order valence-corrected chi connectivity index (χ1v) is 15.0. The molecule has 0 bridgehead atoms. The maximum atomic E-state index is 13.3. The number of imidazole rings is 1. The van der Waals surface area contributed by atoms with Crippen LogP contribution in [0.15, 0.2) is 73.3 Å². The first-order valence-electron chi connectivity index (χ1n) is 15.0. The Balaban J connectivity index is 1.12. The summed E-state index contributed by atoms with van der Waals surface area (Å²) in [5, 5.41) is 18.5. The number of para-hydroxylation sites is 1. The molecule has 1 aliphatic rings. The van der Waals surface area contributed by atoms with Crippen LogP contribution in [0.5, 0.6) is 0 Å². The monoisotopic (exact) mass is 609 g/mol. The van der Waals surface area contributed by atoms with E-state index in [0.717, 1.165) is 52.8 Å². The van der Waals surface area contributed by atoms with Crippen LogP contribution in [-0.2, 0) is 18.3 Å². The number of anilines is 3. The quantitative estimate of drug-likeness (QED) is 0.114. The lowest BCUT2D eigenvalue weighted by Crippen LogP contribution is -2.38. The number of fused-ring (bicyclic) bond motifs is 1. The Morgan fingerprint density at radius 3 is 2.73 bits per heavy atom. The van der Waals surface area contributed by atoms with Gasteiger partial charge in [0.2, 0.25) is 5.95 Å². The summed E-state index contributed by atoms with van der Waals surface area (Å²) in [5.41, 5.74) is 5.15. The van der Waals surface area contributed by atoms with Gasteiger partial charge in [0, 0.05) is 61.2 Å². The van der Waals surface area contributed by atoms with E-state index < -0.39 is 4.92 Å². The molecule has 1 aliphatic heterocycles. The lowest BCUT2D eigenvalue weighted by Gasteiger charge is -2.30. The first kappa shape index (κ1) is 29.8. The van der Waals surface area contributed by atoms with Crippen LogP contribution in [0.3, 0.4) is 0 Å². The number of aromatic nitrogens is 5. The van der Waals surface area contributed by atoms with E-state index in [1.165, 1.54) is 10.8 Å². The van der Waals surface area contributed by atoms with Crippen LogP contribution >= 0.6 is 0 Å². The van der Waals surface area contributed by atoms with Crippen molar-refractivity contribution in [3.05, 3.63) is 89.0 Å². The van der Waals surface area contributed by atoms with Crippen molar-refractivity contribution in [1.82, 2.24) is 29.4 Å². The van der Waals surface area contributed by atoms with Gasteiger partial charge >= 0.3 is 5.95 Å². The number of nitrogens with one attached hydrogen (secondary N) is 2. The molecule has 4 heterocycles. The Bertz CT molecular complexity index is 1810. The molecule has 13 heteroatoms. The second-order valence-corrected chi connectivity index (χ2v) is 10.9. The smallest absolute Gasteiger partial charge is 0.390 e. The van der Waals surface area contributed by atoms with E-state index in [0.29, 0.717) is 50.9 Å². The number of hydrogen-bond acceptors (Lipinski definition) is 9. The fraction of sp³-hybridized carbons (Fsp3) is 0.312. The first-order chi connectivity index (χ1) is 22.0. The van der Waals surface area contributed by atoms with Crippen LogP contribution in [-0.4, -0.2) is 67.8 Å². The second kappa shape index (κ2) is 13.6. The zero-order chi connectivity index (χ0) is 31.2. The average Bonchev–Trinajstić information content (AvgIpc) is 3.68. The molecule has 0 atom stereocenters. The Kier molecular flexibility index (Phi) is 8.96. The molecule has 0 saturated carbocycles. The summed E-state index contributed by atoms with van der Waals surface area (Å²) in [6, 6.07) is 15.8. The Hall–Kier alpha value is -5.30. The van der Waals surface area contributed by atoms with Crippen molar-refractivity contribution in [3.63, 3.8) is 0 Å². The second-order valence-electron chi connectivity index (χ2n) is 10.9. The van der Waals surface area contributed by atoms with Crippen LogP contribution in [0.4, 0.5) is 23.3 Å². The number of unbranched alkanes of at least 4 members (excludes halogenated alkanes) is 2. The van der Waals surface area contributed by atoms with Gasteiger partial charge < -0.3 is 35.0 Å². The van der Waals surface area contributed by atoms with Crippen LogP contribution in [0.25, 0.3) is 22.2 Å². The normalized spacial score (nSPS) is 13.2. The van der Waals surface area contributed by atoms with Gasteiger partial charge in [0.1, 0.15) is 12.4 Å². The number of aryl methyl sites for hydroxylation is 2. The highest BCUT2D eigenvalue weighted by molar-refractivity contribution is 6.00. The Morgan fingerprint density at radius 2 is 1.89 bits per heavy atom. The summed E-state index contributed by atoms with van der Waals surface area (Å²) in [6.07, 6.45) is 9.18. The van der Waals surface area contributed by atoms with E-state index in [9.17, 15) is 14.9 Å². The number of morpholine rings is 1. The van der Waals surface area contributed by atoms with Crippen molar-refractivity contribution in [1.29, 1.82) is 0 Å². The van der Waals surface area contributed by atoms with E-state index in [1.807, 2.05) is 43.4 Å². The fourth-order valence-electron chi connectivity index (χ4n) is 5.64. The molecule has 232 valence electrons. The molecule has 45 heavy (non-hydrogen) atoms. The number of amides is 1. The molecule has 1 saturated heterocycles. The molecule has 1 amide bonds. The maximum absolute atomic E-state index is 13.3. The van der Waals surface area contributed by atoms with Gasteiger partial charge in [0.05, 0.1) is 36.7 Å². The highest BCUT2D eigenvalue weighted by Crippen LogP contribution is 2.31. The van der Waals surface area contributed by atoms with Gasteiger partial charge in [-0.25, -0.2) is 14.5 Å². The zero-order valence-corrected chi connectivity index (χ0v) is 25.1. The van der Waals surface area contributed by atoms with E-state index in [1.54, 1.807) is 12.4 Å². The molecule has 6 rings (SSSR count). The van der Waals surface area contributed by atoms with Gasteiger partial charge in [-0.1, -0.05) is 23.2 Å². The van der Waals surface area contributed by atoms with Crippen molar-refractivity contribution < 1.29 is 14.5 Å². The molecule has 3 aromatic heterocycles. The van der Waals surface area contributed by atoms with E-state index in [2.05, 4.69) is 48.4 Å². The number of carbonyl (C=O) groups excluding carboxylic acids is 1. The van der Waals surface area contributed by atoms with Crippen molar-refractivity contribution in [2.24, 2.45) is 7.05 Å². The number of rotatable bonds is 12. The summed E-state index contributed by atoms with van der Waals surface area (Å²) in [5.74, 6) is 0.162. The summed E-state index contributed by atoms with van der Waals surface area (Å²) in [6.45, 7) is 3.54. The standard InChI is InChI=1S/C32H35N9O4/c1-38-22-26(24-7-3-4-8-28(24)38)27-11-13-34-31(37-27)36-23-9-10-25(29(21-23)39-17-19-45-20-18-39)30(42)33-12-5-2-6-15-40-16-14-35-32(40)41(43)44/h3-4,7-11,13-14,16,21-22H,2,5-6,12,15,17-20H2,1H3,(H,33,42)(H,34,36,37). The topological polar surface area (TPSA) is 145 Å². The van der Waals surface area contributed by atoms with E-state index >= 15 is 0 Å². The highest BCUT2D eigenvalue weighted by atomic mass is 16.6. The molecule has 2 aromatic carbocycles. The third-order valence-corrected chi connectivity index (χ3v) is 7.90. The van der Waals surface area contributed by atoms with Gasteiger partial charge in [0.15, 0.2) is 0 Å². The molecule has 0 aliphatic carbocycles. The average molecular weight is 610 g/mol. The highest BCUT2D eigenvalue weighted by Gasteiger charge is 2.20. The minimum absolute atomic E-state index is 0.150. The van der Waals surface area contributed by atoms with E-state index in [4.69, 9.17) is 9.72 Å². The van der Waals surface area contributed by atoms with Crippen molar-refractivity contribution in [2.45, 2.75) is 25.8 Å². The number of carbonyl (C=O) groups is 1. The molecular formula is C32H35N9O4. The maximum Gasteiger partial charge on any atom is 0.434 e. The van der Waals surface area contributed by atoms with Crippen LogP contribution in [0.1, 0.15) is 29.6 Å².